The van der Waals surface area contributed by atoms with Crippen LogP contribution in [0.1, 0.15) is 12.6 Å². The molecular formula is C14H13F5N4O. The Morgan fingerprint density at radius 3 is 2.33 bits per heavy atom. The van der Waals surface area contributed by atoms with Crippen molar-refractivity contribution in [2.75, 3.05) is 17.2 Å². The first-order valence-corrected chi connectivity index (χ1v) is 6.80. The molecule has 130 valence electrons. The third kappa shape index (κ3) is 4.93. The van der Waals surface area contributed by atoms with Gasteiger partial charge in [-0.3, -0.25) is 0 Å². The van der Waals surface area contributed by atoms with E-state index in [0.29, 0.717) is 12.2 Å². The van der Waals surface area contributed by atoms with Gasteiger partial charge in [0.25, 0.3) is 0 Å². The number of aromatic nitrogens is 2. The predicted molar refractivity (Wildman–Crippen MR) is 77.6 cm³/mol. The fourth-order valence-electron chi connectivity index (χ4n) is 1.76. The Kier molecular flexibility index (Phi) is 5.37. The number of alkyl halides is 5. The van der Waals surface area contributed by atoms with Gasteiger partial charge in [0, 0.05) is 18.3 Å². The standard InChI is InChI=1S/C14H13F5N4O/c1-2-20-13-22-10(14(17,18)19)7-11(23-13)21-8-3-5-9(6-4-8)24-12(15)16/h3-7,12H,2H2,1H3,(H2,20,21,22,23). The summed E-state index contributed by atoms with van der Waals surface area (Å²) in [6.07, 6.45) is -4.63. The number of anilines is 3. The average Bonchev–Trinajstić information content (AvgIpc) is 2.48. The molecule has 2 N–H and O–H groups in total. The van der Waals surface area contributed by atoms with Gasteiger partial charge in [-0.2, -0.15) is 26.9 Å². The Morgan fingerprint density at radius 1 is 1.12 bits per heavy atom. The van der Waals surface area contributed by atoms with E-state index in [4.69, 9.17) is 0 Å². The minimum atomic E-state index is -4.63. The highest BCUT2D eigenvalue weighted by atomic mass is 19.4. The summed E-state index contributed by atoms with van der Waals surface area (Å²) in [7, 11) is 0. The van der Waals surface area contributed by atoms with Gasteiger partial charge in [-0.1, -0.05) is 0 Å². The zero-order valence-electron chi connectivity index (χ0n) is 12.4. The summed E-state index contributed by atoms with van der Waals surface area (Å²) in [6, 6.07) is 6.02. The fourth-order valence-corrected chi connectivity index (χ4v) is 1.76. The molecule has 0 spiro atoms. The number of halogens is 5. The Hall–Kier alpha value is -2.65. The van der Waals surface area contributed by atoms with Crippen molar-refractivity contribution in [1.29, 1.82) is 0 Å². The summed E-state index contributed by atoms with van der Waals surface area (Å²) in [5, 5.41) is 5.27. The van der Waals surface area contributed by atoms with Crippen molar-refractivity contribution in [3.63, 3.8) is 0 Å². The van der Waals surface area contributed by atoms with Gasteiger partial charge >= 0.3 is 12.8 Å². The molecule has 1 aromatic carbocycles. The first-order chi connectivity index (χ1) is 11.3. The van der Waals surface area contributed by atoms with Crippen LogP contribution in [0.5, 0.6) is 5.75 Å². The van der Waals surface area contributed by atoms with Crippen LogP contribution in [-0.4, -0.2) is 23.1 Å². The average molecular weight is 348 g/mol. The lowest BCUT2D eigenvalue weighted by molar-refractivity contribution is -0.141. The molecule has 0 fully saturated rings. The van der Waals surface area contributed by atoms with Gasteiger partial charge in [-0.05, 0) is 31.2 Å². The first kappa shape index (κ1) is 17.7. The normalized spacial score (nSPS) is 11.5. The molecule has 0 amide bonds. The molecule has 1 aromatic heterocycles. The van der Waals surface area contributed by atoms with E-state index in [1.807, 2.05) is 0 Å². The van der Waals surface area contributed by atoms with E-state index in [0.717, 1.165) is 6.07 Å². The zero-order valence-corrected chi connectivity index (χ0v) is 12.4. The largest absolute Gasteiger partial charge is 0.435 e. The maximum Gasteiger partial charge on any atom is 0.433 e. The molecule has 0 aliphatic heterocycles. The lowest BCUT2D eigenvalue weighted by Crippen LogP contribution is -2.13. The van der Waals surface area contributed by atoms with Gasteiger partial charge in [-0.15, -0.1) is 0 Å². The molecule has 0 saturated heterocycles. The van der Waals surface area contributed by atoms with Crippen molar-refractivity contribution < 1.29 is 26.7 Å². The number of ether oxygens (including phenoxy) is 1. The number of benzene rings is 1. The van der Waals surface area contributed by atoms with Crippen molar-refractivity contribution in [1.82, 2.24) is 9.97 Å². The molecule has 0 bridgehead atoms. The van der Waals surface area contributed by atoms with Crippen LogP contribution in [0, 0.1) is 0 Å². The quantitative estimate of drug-likeness (QED) is 0.764. The Balaban J connectivity index is 2.23. The van der Waals surface area contributed by atoms with Gasteiger partial charge in [0.05, 0.1) is 0 Å². The summed E-state index contributed by atoms with van der Waals surface area (Å²) < 4.78 is 66.9. The summed E-state index contributed by atoms with van der Waals surface area (Å²) in [4.78, 5) is 7.31. The van der Waals surface area contributed by atoms with Crippen LogP contribution in [0.15, 0.2) is 30.3 Å². The fraction of sp³-hybridized carbons (Fsp3) is 0.286. The molecule has 1 heterocycles. The SMILES string of the molecule is CCNc1nc(Nc2ccc(OC(F)F)cc2)cc(C(F)(F)F)n1. The molecule has 5 nitrogen and oxygen atoms in total. The van der Waals surface area contributed by atoms with E-state index >= 15 is 0 Å². The summed E-state index contributed by atoms with van der Waals surface area (Å²) >= 11 is 0. The molecule has 2 rings (SSSR count). The maximum atomic E-state index is 12.9. The molecule has 0 aliphatic carbocycles. The third-order valence-electron chi connectivity index (χ3n) is 2.70. The van der Waals surface area contributed by atoms with Crippen LogP contribution in [-0.2, 0) is 6.18 Å². The predicted octanol–water partition coefficient (Wildman–Crippen LogP) is 4.27. The van der Waals surface area contributed by atoms with Crippen molar-refractivity contribution in [2.24, 2.45) is 0 Å². The molecule has 0 unspecified atom stereocenters. The van der Waals surface area contributed by atoms with E-state index < -0.39 is 18.5 Å². The van der Waals surface area contributed by atoms with E-state index in [2.05, 4.69) is 25.3 Å². The number of nitrogens with zero attached hydrogens (tertiary/aromatic N) is 2. The second kappa shape index (κ2) is 7.28. The monoisotopic (exact) mass is 348 g/mol. The molecule has 2 aromatic rings. The van der Waals surface area contributed by atoms with Crippen molar-refractivity contribution in [2.45, 2.75) is 19.7 Å². The second-order valence-corrected chi connectivity index (χ2v) is 4.52. The topological polar surface area (TPSA) is 59.1 Å². The smallest absolute Gasteiger partial charge is 0.433 e. The second-order valence-electron chi connectivity index (χ2n) is 4.52. The minimum Gasteiger partial charge on any atom is -0.435 e. The number of rotatable bonds is 6. The summed E-state index contributed by atoms with van der Waals surface area (Å²) in [6.45, 7) is -0.915. The van der Waals surface area contributed by atoms with Gasteiger partial charge in [0.1, 0.15) is 11.6 Å². The van der Waals surface area contributed by atoms with E-state index in [9.17, 15) is 22.0 Å². The lowest BCUT2D eigenvalue weighted by Gasteiger charge is -2.12. The van der Waals surface area contributed by atoms with Crippen LogP contribution in [0.3, 0.4) is 0 Å². The Bertz CT molecular complexity index is 676. The highest BCUT2D eigenvalue weighted by molar-refractivity contribution is 5.58. The highest BCUT2D eigenvalue weighted by Gasteiger charge is 2.33. The zero-order chi connectivity index (χ0) is 17.7. The van der Waals surface area contributed by atoms with Gasteiger partial charge in [0.15, 0.2) is 5.69 Å². The van der Waals surface area contributed by atoms with Crippen LogP contribution in [0.2, 0.25) is 0 Å². The Morgan fingerprint density at radius 2 is 1.79 bits per heavy atom. The van der Waals surface area contributed by atoms with Crippen molar-refractivity contribution in [3.05, 3.63) is 36.0 Å². The van der Waals surface area contributed by atoms with Crippen LogP contribution in [0.25, 0.3) is 0 Å². The molecule has 10 heteroatoms. The van der Waals surface area contributed by atoms with Crippen molar-refractivity contribution in [3.8, 4) is 5.75 Å². The van der Waals surface area contributed by atoms with Gasteiger partial charge in [0.2, 0.25) is 5.95 Å². The number of hydrogen-bond donors (Lipinski definition) is 2. The Labute approximate surface area is 133 Å². The molecular weight excluding hydrogens is 335 g/mol. The molecule has 24 heavy (non-hydrogen) atoms. The van der Waals surface area contributed by atoms with Gasteiger partial charge in [-0.25, -0.2) is 4.98 Å². The highest BCUT2D eigenvalue weighted by Crippen LogP contribution is 2.30. The third-order valence-corrected chi connectivity index (χ3v) is 2.70. The van der Waals surface area contributed by atoms with Crippen molar-refractivity contribution >= 4 is 17.5 Å². The molecule has 0 atom stereocenters. The maximum absolute atomic E-state index is 12.9. The summed E-state index contributed by atoms with van der Waals surface area (Å²) in [5.41, 5.74) is -0.750. The van der Waals surface area contributed by atoms with E-state index in [1.165, 1.54) is 24.3 Å². The number of hydrogen-bond acceptors (Lipinski definition) is 5. The molecule has 0 saturated carbocycles. The first-order valence-electron chi connectivity index (χ1n) is 6.80. The lowest BCUT2D eigenvalue weighted by atomic mass is 10.3. The number of nitrogens with one attached hydrogen (secondary N) is 2. The van der Waals surface area contributed by atoms with Crippen LogP contribution >= 0.6 is 0 Å². The van der Waals surface area contributed by atoms with Crippen LogP contribution in [0.4, 0.5) is 39.4 Å². The van der Waals surface area contributed by atoms with E-state index in [1.54, 1.807) is 6.92 Å². The molecule has 0 radical (unpaired) electrons. The van der Waals surface area contributed by atoms with Crippen LogP contribution < -0.4 is 15.4 Å². The summed E-state index contributed by atoms with van der Waals surface area (Å²) in [5.74, 6) is -0.328. The minimum absolute atomic E-state index is 0.0671. The molecule has 0 aliphatic rings. The van der Waals surface area contributed by atoms with Gasteiger partial charge < -0.3 is 15.4 Å². The van der Waals surface area contributed by atoms with E-state index in [-0.39, 0.29) is 17.5 Å².